The number of hydrogen-bond acceptors (Lipinski definition) is 3. The number of nitro groups is 1. The van der Waals surface area contributed by atoms with E-state index in [4.69, 9.17) is 11.6 Å². The van der Waals surface area contributed by atoms with Crippen molar-refractivity contribution < 1.29 is 13.7 Å². The Morgan fingerprint density at radius 2 is 2.00 bits per heavy atom. The van der Waals surface area contributed by atoms with Crippen LogP contribution in [-0.2, 0) is 6.54 Å². The Labute approximate surface area is 118 Å². The fourth-order valence-electron chi connectivity index (χ4n) is 1.67. The summed E-state index contributed by atoms with van der Waals surface area (Å²) in [5.41, 5.74) is -0.446. The summed E-state index contributed by atoms with van der Waals surface area (Å²) in [4.78, 5) is 9.81. The highest BCUT2D eigenvalue weighted by molar-refractivity contribution is 6.30. The highest BCUT2D eigenvalue weighted by Gasteiger charge is 2.17. The molecule has 2 aromatic carbocycles. The van der Waals surface area contributed by atoms with Gasteiger partial charge in [0.15, 0.2) is 0 Å². The predicted molar refractivity (Wildman–Crippen MR) is 71.8 cm³/mol. The summed E-state index contributed by atoms with van der Waals surface area (Å²) < 4.78 is 27.3. The molecule has 0 fully saturated rings. The number of nitro benzene ring substituents is 1. The van der Waals surface area contributed by atoms with Crippen molar-refractivity contribution in [3.63, 3.8) is 0 Å². The van der Waals surface area contributed by atoms with Crippen LogP contribution in [0.5, 0.6) is 0 Å². The van der Waals surface area contributed by atoms with Crippen LogP contribution in [-0.4, -0.2) is 4.92 Å². The van der Waals surface area contributed by atoms with Gasteiger partial charge in [-0.2, -0.15) is 4.39 Å². The lowest BCUT2D eigenvalue weighted by atomic mass is 10.1. The van der Waals surface area contributed by atoms with E-state index in [0.717, 1.165) is 6.07 Å². The normalized spacial score (nSPS) is 10.3. The summed E-state index contributed by atoms with van der Waals surface area (Å²) in [6.45, 7) is -0.0925. The minimum absolute atomic E-state index is 0.0681. The van der Waals surface area contributed by atoms with Crippen molar-refractivity contribution in [3.05, 3.63) is 68.7 Å². The van der Waals surface area contributed by atoms with Crippen LogP contribution < -0.4 is 5.32 Å². The average Bonchev–Trinajstić information content (AvgIpc) is 2.41. The summed E-state index contributed by atoms with van der Waals surface area (Å²) >= 11 is 5.73. The van der Waals surface area contributed by atoms with Gasteiger partial charge >= 0.3 is 5.69 Å². The molecule has 4 nitrogen and oxygen atoms in total. The lowest BCUT2D eigenvalue weighted by Crippen LogP contribution is -2.05. The van der Waals surface area contributed by atoms with Gasteiger partial charge in [-0.3, -0.25) is 10.1 Å². The summed E-state index contributed by atoms with van der Waals surface area (Å²) in [5, 5.41) is 13.6. The van der Waals surface area contributed by atoms with E-state index in [1.807, 2.05) is 0 Å². The molecule has 0 unspecified atom stereocenters. The molecule has 0 saturated carbocycles. The highest BCUT2D eigenvalue weighted by Crippen LogP contribution is 2.23. The Morgan fingerprint density at radius 1 is 1.25 bits per heavy atom. The molecule has 0 atom stereocenters. The zero-order chi connectivity index (χ0) is 14.7. The van der Waals surface area contributed by atoms with E-state index in [9.17, 15) is 18.9 Å². The summed E-state index contributed by atoms with van der Waals surface area (Å²) in [6, 6.07) is 7.74. The molecule has 20 heavy (non-hydrogen) atoms. The van der Waals surface area contributed by atoms with Gasteiger partial charge in [-0.1, -0.05) is 23.7 Å². The first-order valence-corrected chi connectivity index (χ1v) is 5.97. The lowest BCUT2D eigenvalue weighted by Gasteiger charge is -2.09. The third-order valence-electron chi connectivity index (χ3n) is 2.65. The number of nitrogens with zero attached hydrogens (tertiary/aromatic N) is 1. The van der Waals surface area contributed by atoms with E-state index in [2.05, 4.69) is 5.32 Å². The first-order chi connectivity index (χ1) is 9.49. The smallest absolute Gasteiger partial charge is 0.305 e. The Morgan fingerprint density at radius 3 is 2.70 bits per heavy atom. The third kappa shape index (κ3) is 3.03. The van der Waals surface area contributed by atoms with Gasteiger partial charge < -0.3 is 5.32 Å². The second kappa shape index (κ2) is 5.83. The Balaban J connectivity index is 2.21. The van der Waals surface area contributed by atoms with Gasteiger partial charge in [-0.15, -0.1) is 0 Å². The molecule has 0 aliphatic heterocycles. The van der Waals surface area contributed by atoms with Gasteiger partial charge in [-0.25, -0.2) is 4.39 Å². The van der Waals surface area contributed by atoms with Gasteiger partial charge in [0.05, 0.1) is 10.6 Å². The van der Waals surface area contributed by atoms with Gasteiger partial charge in [-0.05, 0) is 18.2 Å². The number of rotatable bonds is 4. The van der Waals surface area contributed by atoms with Crippen LogP contribution >= 0.6 is 11.6 Å². The van der Waals surface area contributed by atoms with Crippen LogP contribution in [0.15, 0.2) is 36.4 Å². The minimum Gasteiger partial charge on any atom is -0.378 e. The summed E-state index contributed by atoms with van der Waals surface area (Å²) in [6.07, 6.45) is 0. The van der Waals surface area contributed by atoms with Crippen LogP contribution in [0.3, 0.4) is 0 Å². The number of anilines is 1. The average molecular weight is 299 g/mol. The Hall–Kier alpha value is -2.21. The van der Waals surface area contributed by atoms with Crippen molar-refractivity contribution in [3.8, 4) is 0 Å². The molecule has 2 rings (SSSR count). The SMILES string of the molecule is O=[N+]([O-])c1cccc(CNc2cc(Cl)ccc2F)c1F. The van der Waals surface area contributed by atoms with Crippen LogP contribution in [0.1, 0.15) is 5.56 Å². The van der Waals surface area contributed by atoms with Crippen LogP contribution in [0.25, 0.3) is 0 Å². The first kappa shape index (κ1) is 14.2. The Kier molecular flexibility index (Phi) is 4.14. The molecular weight excluding hydrogens is 290 g/mol. The van der Waals surface area contributed by atoms with Gasteiger partial charge in [0.1, 0.15) is 5.82 Å². The highest BCUT2D eigenvalue weighted by atomic mass is 35.5. The molecular formula is C13H9ClF2N2O2. The molecule has 0 aliphatic rings. The number of nitrogens with one attached hydrogen (secondary N) is 1. The third-order valence-corrected chi connectivity index (χ3v) is 2.89. The topological polar surface area (TPSA) is 55.2 Å². The fraction of sp³-hybridized carbons (Fsp3) is 0.0769. The van der Waals surface area contributed by atoms with Gasteiger partial charge in [0, 0.05) is 23.2 Å². The maximum Gasteiger partial charge on any atom is 0.305 e. The molecule has 0 amide bonds. The number of halogens is 3. The quantitative estimate of drug-likeness (QED) is 0.682. The molecule has 2 aromatic rings. The zero-order valence-electron chi connectivity index (χ0n) is 10.1. The summed E-state index contributed by atoms with van der Waals surface area (Å²) in [7, 11) is 0. The van der Waals surface area contributed by atoms with Crippen LogP contribution in [0.2, 0.25) is 5.02 Å². The maximum absolute atomic E-state index is 13.8. The largest absolute Gasteiger partial charge is 0.378 e. The zero-order valence-corrected chi connectivity index (χ0v) is 10.8. The molecule has 0 aliphatic carbocycles. The molecule has 0 aromatic heterocycles. The second-order valence-electron chi connectivity index (χ2n) is 3.99. The number of hydrogen-bond donors (Lipinski definition) is 1. The standard InChI is InChI=1S/C13H9ClF2N2O2/c14-9-4-5-10(15)11(6-9)17-7-8-2-1-3-12(13(8)16)18(19)20/h1-6,17H,7H2. The fourth-order valence-corrected chi connectivity index (χ4v) is 1.84. The molecule has 0 radical (unpaired) electrons. The Bertz CT molecular complexity index is 665. The monoisotopic (exact) mass is 298 g/mol. The predicted octanol–water partition coefficient (Wildman–Crippen LogP) is 4.14. The minimum atomic E-state index is -0.938. The van der Waals surface area contributed by atoms with E-state index < -0.39 is 22.2 Å². The maximum atomic E-state index is 13.8. The molecule has 104 valence electrons. The molecule has 0 bridgehead atoms. The van der Waals surface area contributed by atoms with Gasteiger partial charge in [0.2, 0.25) is 5.82 Å². The van der Waals surface area contributed by atoms with Crippen molar-refractivity contribution in [2.75, 3.05) is 5.32 Å². The van der Waals surface area contributed by atoms with Crippen molar-refractivity contribution in [1.82, 2.24) is 0 Å². The second-order valence-corrected chi connectivity index (χ2v) is 4.42. The van der Waals surface area contributed by atoms with E-state index in [1.54, 1.807) is 0 Å². The van der Waals surface area contributed by atoms with Crippen molar-refractivity contribution in [1.29, 1.82) is 0 Å². The molecule has 7 heteroatoms. The van der Waals surface area contributed by atoms with E-state index in [1.165, 1.54) is 30.3 Å². The molecule has 0 heterocycles. The van der Waals surface area contributed by atoms with E-state index >= 15 is 0 Å². The number of benzene rings is 2. The van der Waals surface area contributed by atoms with E-state index in [-0.39, 0.29) is 17.8 Å². The first-order valence-electron chi connectivity index (χ1n) is 5.59. The molecule has 0 spiro atoms. The summed E-state index contributed by atoms with van der Waals surface area (Å²) in [5.74, 6) is -1.48. The van der Waals surface area contributed by atoms with Gasteiger partial charge in [0.25, 0.3) is 0 Å². The molecule has 0 saturated heterocycles. The van der Waals surface area contributed by atoms with E-state index in [0.29, 0.717) is 5.02 Å². The van der Waals surface area contributed by atoms with Crippen molar-refractivity contribution in [2.45, 2.75) is 6.54 Å². The molecule has 1 N–H and O–H groups in total. The lowest BCUT2D eigenvalue weighted by molar-refractivity contribution is -0.387. The van der Waals surface area contributed by atoms with Crippen LogP contribution in [0.4, 0.5) is 20.2 Å². The van der Waals surface area contributed by atoms with Crippen molar-refractivity contribution in [2.24, 2.45) is 0 Å². The van der Waals surface area contributed by atoms with Crippen molar-refractivity contribution >= 4 is 23.0 Å². The van der Waals surface area contributed by atoms with Crippen LogP contribution in [0, 0.1) is 21.7 Å².